The summed E-state index contributed by atoms with van der Waals surface area (Å²) in [4.78, 5) is 5.00. The van der Waals surface area contributed by atoms with Crippen molar-refractivity contribution in [2.75, 3.05) is 0 Å². The highest BCUT2D eigenvalue weighted by Crippen LogP contribution is 2.61. The molecule has 92 valence electrons. The number of hydrogen-bond donors (Lipinski definition) is 0. The van der Waals surface area contributed by atoms with Gasteiger partial charge in [-0.1, -0.05) is 40.7 Å². The number of nitrogens with zero attached hydrogens (tertiary/aromatic N) is 1. The van der Waals surface area contributed by atoms with E-state index in [1.54, 1.807) is 0 Å². The maximum absolute atomic E-state index is 5.00. The van der Waals surface area contributed by atoms with E-state index in [4.69, 9.17) is 4.98 Å². The molecule has 0 unspecified atom stereocenters. The molecule has 1 fully saturated rings. The van der Waals surface area contributed by atoms with Gasteiger partial charge in [-0.05, 0) is 35.8 Å². The average Bonchev–Trinajstić information content (AvgIpc) is 2.26. The molecule has 0 amide bonds. The van der Waals surface area contributed by atoms with Crippen LogP contribution in [0.4, 0.5) is 0 Å². The van der Waals surface area contributed by atoms with Crippen LogP contribution in [0, 0.1) is 11.3 Å². The molecule has 0 radical (unpaired) electrons. The van der Waals surface area contributed by atoms with Crippen molar-refractivity contribution >= 4 is 0 Å². The third kappa shape index (κ3) is 1.47. The lowest BCUT2D eigenvalue weighted by Crippen LogP contribution is -2.48. The van der Waals surface area contributed by atoms with Gasteiger partial charge in [0.2, 0.25) is 0 Å². The molecule has 0 aliphatic heterocycles. The van der Waals surface area contributed by atoms with Crippen LogP contribution in [0.25, 0.3) is 0 Å². The predicted molar refractivity (Wildman–Crippen MR) is 71.3 cm³/mol. The van der Waals surface area contributed by atoms with Gasteiger partial charge in [-0.3, -0.25) is 4.98 Å². The molecule has 1 aromatic heterocycles. The van der Waals surface area contributed by atoms with Crippen LogP contribution in [-0.4, -0.2) is 4.98 Å². The van der Waals surface area contributed by atoms with Gasteiger partial charge in [0.15, 0.2) is 0 Å². The lowest BCUT2D eigenvalue weighted by atomic mass is 9.48. The minimum absolute atomic E-state index is 0.166. The Kier molecular flexibility index (Phi) is 2.07. The second-order valence-electron chi connectivity index (χ2n) is 7.50. The van der Waals surface area contributed by atoms with Gasteiger partial charge in [0.25, 0.3) is 0 Å². The third-order valence-corrected chi connectivity index (χ3v) is 5.05. The van der Waals surface area contributed by atoms with Crippen LogP contribution in [0.1, 0.15) is 63.9 Å². The smallest absolute Gasteiger partial charge is 0.0475 e. The van der Waals surface area contributed by atoms with Gasteiger partial charge < -0.3 is 0 Å². The Bertz CT molecular complexity index is 465. The van der Waals surface area contributed by atoms with Gasteiger partial charge >= 0.3 is 0 Å². The topological polar surface area (TPSA) is 12.9 Å². The molecule has 1 heterocycles. The molecule has 2 atom stereocenters. The third-order valence-electron chi connectivity index (χ3n) is 5.05. The Morgan fingerprint density at radius 1 is 1.24 bits per heavy atom. The van der Waals surface area contributed by atoms with E-state index in [0.717, 1.165) is 5.92 Å². The van der Waals surface area contributed by atoms with Crippen LogP contribution in [0.2, 0.25) is 0 Å². The first-order valence-corrected chi connectivity index (χ1v) is 6.80. The maximum Gasteiger partial charge on any atom is 0.0475 e. The van der Waals surface area contributed by atoms with E-state index in [1.807, 2.05) is 0 Å². The van der Waals surface area contributed by atoms with Crippen LogP contribution < -0.4 is 0 Å². The summed E-state index contributed by atoms with van der Waals surface area (Å²) in [5, 5.41) is 0. The van der Waals surface area contributed by atoms with Crippen molar-refractivity contribution in [3.8, 4) is 0 Å². The molecule has 1 heteroatoms. The summed E-state index contributed by atoms with van der Waals surface area (Å²) < 4.78 is 0. The molecule has 3 aliphatic rings. The lowest BCUT2D eigenvalue weighted by molar-refractivity contribution is 0.0152. The molecule has 2 bridgehead atoms. The fourth-order valence-electron chi connectivity index (χ4n) is 3.49. The van der Waals surface area contributed by atoms with Gasteiger partial charge in [0.1, 0.15) is 0 Å². The molecule has 17 heavy (non-hydrogen) atoms. The summed E-state index contributed by atoms with van der Waals surface area (Å²) in [5.74, 6) is 1.60. The molecule has 0 aromatic carbocycles. The van der Waals surface area contributed by atoms with Crippen LogP contribution in [-0.2, 0) is 11.8 Å². The Hall–Kier alpha value is -0.850. The summed E-state index contributed by atoms with van der Waals surface area (Å²) in [5.41, 5.74) is 4.82. The highest BCUT2D eigenvalue weighted by molar-refractivity contribution is 5.37. The summed E-state index contributed by atoms with van der Waals surface area (Å²) in [6.45, 7) is 11.6. The summed E-state index contributed by atoms with van der Waals surface area (Å²) in [6, 6.07) is 4.56. The minimum atomic E-state index is 0.166. The van der Waals surface area contributed by atoms with E-state index < -0.39 is 0 Å². The minimum Gasteiger partial charge on any atom is -0.257 e. The number of rotatable bonds is 0. The molecular formula is C16H23N. The van der Waals surface area contributed by atoms with Gasteiger partial charge in [-0.15, -0.1) is 0 Å². The van der Waals surface area contributed by atoms with Gasteiger partial charge in [0, 0.05) is 22.7 Å². The number of aromatic nitrogens is 1. The van der Waals surface area contributed by atoms with Crippen LogP contribution in [0.5, 0.6) is 0 Å². The SMILES string of the molecule is CC(C)(C)c1ccc2c(n1)[C@@H]1C[C@H](C2)C1(C)C. The molecule has 1 nitrogen and oxygen atoms in total. The number of hydrogen-bond acceptors (Lipinski definition) is 1. The van der Waals surface area contributed by atoms with Crippen LogP contribution in [0.3, 0.4) is 0 Å². The molecule has 1 saturated carbocycles. The highest BCUT2D eigenvalue weighted by atomic mass is 14.8. The molecular weight excluding hydrogens is 206 g/mol. The first-order valence-electron chi connectivity index (χ1n) is 6.80. The molecule has 0 saturated heterocycles. The van der Waals surface area contributed by atoms with Crippen LogP contribution in [0.15, 0.2) is 12.1 Å². The summed E-state index contributed by atoms with van der Waals surface area (Å²) in [6.07, 6.45) is 2.61. The van der Waals surface area contributed by atoms with E-state index in [2.05, 4.69) is 46.8 Å². The fourth-order valence-corrected chi connectivity index (χ4v) is 3.49. The van der Waals surface area contributed by atoms with E-state index in [9.17, 15) is 0 Å². The first-order chi connectivity index (χ1) is 7.80. The highest BCUT2D eigenvalue weighted by Gasteiger charge is 2.53. The van der Waals surface area contributed by atoms with Crippen molar-refractivity contribution < 1.29 is 0 Å². The molecule has 1 aromatic rings. The van der Waals surface area contributed by atoms with Crippen molar-refractivity contribution in [2.24, 2.45) is 11.3 Å². The van der Waals surface area contributed by atoms with E-state index >= 15 is 0 Å². The monoisotopic (exact) mass is 229 g/mol. The Morgan fingerprint density at radius 2 is 1.94 bits per heavy atom. The van der Waals surface area contributed by atoms with Gasteiger partial charge in [-0.2, -0.15) is 0 Å². The number of pyridine rings is 1. The largest absolute Gasteiger partial charge is 0.257 e. The quantitative estimate of drug-likeness (QED) is 0.653. The van der Waals surface area contributed by atoms with E-state index in [0.29, 0.717) is 11.3 Å². The second-order valence-corrected chi connectivity index (χ2v) is 7.50. The Morgan fingerprint density at radius 3 is 2.53 bits per heavy atom. The Labute approximate surface area is 105 Å². The molecule has 0 spiro atoms. The lowest BCUT2D eigenvalue weighted by Gasteiger charge is -2.56. The normalized spacial score (nSPS) is 29.5. The van der Waals surface area contributed by atoms with Crippen molar-refractivity contribution in [3.05, 3.63) is 29.1 Å². The predicted octanol–water partition coefficient (Wildman–Crippen LogP) is 4.06. The maximum atomic E-state index is 5.00. The van der Waals surface area contributed by atoms with Crippen molar-refractivity contribution in [2.45, 2.75) is 58.8 Å². The second kappa shape index (κ2) is 3.13. The van der Waals surface area contributed by atoms with Crippen LogP contribution >= 0.6 is 0 Å². The van der Waals surface area contributed by atoms with Crippen molar-refractivity contribution in [1.29, 1.82) is 0 Å². The van der Waals surface area contributed by atoms with Crippen molar-refractivity contribution in [1.82, 2.24) is 4.98 Å². The standard InChI is InChI=1S/C16H23N/c1-15(2,3)13-7-6-10-8-11-9-12(14(10)17-13)16(11,4)5/h6-7,11-12H,8-9H2,1-5H3/t11-,12-/m0/s1. The van der Waals surface area contributed by atoms with Crippen molar-refractivity contribution in [3.63, 3.8) is 0 Å². The fraction of sp³-hybridized carbons (Fsp3) is 0.688. The molecule has 4 rings (SSSR count). The zero-order chi connectivity index (χ0) is 12.4. The van der Waals surface area contributed by atoms with E-state index in [-0.39, 0.29) is 5.41 Å². The zero-order valence-corrected chi connectivity index (χ0v) is 11.7. The Balaban J connectivity index is 2.07. The zero-order valence-electron chi connectivity index (χ0n) is 11.7. The average molecular weight is 229 g/mol. The van der Waals surface area contributed by atoms with Gasteiger partial charge in [-0.25, -0.2) is 0 Å². The van der Waals surface area contributed by atoms with E-state index in [1.165, 1.54) is 29.8 Å². The van der Waals surface area contributed by atoms with Gasteiger partial charge in [0.05, 0.1) is 0 Å². The molecule has 0 N–H and O–H groups in total. The summed E-state index contributed by atoms with van der Waals surface area (Å²) >= 11 is 0. The summed E-state index contributed by atoms with van der Waals surface area (Å²) in [7, 11) is 0. The first kappa shape index (κ1) is 11.3. The molecule has 3 aliphatic carbocycles.